The van der Waals surface area contributed by atoms with Gasteiger partial charge in [-0.3, -0.25) is 0 Å². The van der Waals surface area contributed by atoms with Crippen molar-refractivity contribution in [2.45, 2.75) is 13.8 Å². The molecule has 0 amide bonds. The molecule has 0 aromatic heterocycles. The molecule has 102 valence electrons. The van der Waals surface area contributed by atoms with Crippen molar-refractivity contribution in [1.29, 1.82) is 0 Å². The van der Waals surface area contributed by atoms with Crippen molar-refractivity contribution in [3.63, 3.8) is 0 Å². The molecule has 0 radical (unpaired) electrons. The number of nitrogens with zero attached hydrogens (tertiary/aromatic N) is 1. The van der Waals surface area contributed by atoms with Gasteiger partial charge in [0.05, 0.1) is 5.56 Å². The van der Waals surface area contributed by atoms with Crippen LogP contribution in [0.4, 0.5) is 5.69 Å². The van der Waals surface area contributed by atoms with E-state index >= 15 is 0 Å². The summed E-state index contributed by atoms with van der Waals surface area (Å²) < 4.78 is 5.18. The third-order valence-electron chi connectivity index (χ3n) is 2.68. The molecule has 0 bridgehead atoms. The van der Waals surface area contributed by atoms with Crippen molar-refractivity contribution in [3.8, 4) is 0 Å². The van der Waals surface area contributed by atoms with Gasteiger partial charge in [0.2, 0.25) is 0 Å². The van der Waals surface area contributed by atoms with E-state index in [1.54, 1.807) is 24.3 Å². The second-order valence-electron chi connectivity index (χ2n) is 3.78. The van der Waals surface area contributed by atoms with E-state index in [2.05, 4.69) is 18.7 Å². The Morgan fingerprint density at radius 1 is 1.22 bits per heavy atom. The van der Waals surface area contributed by atoms with Gasteiger partial charge in [0.1, 0.15) is 6.61 Å². The van der Waals surface area contributed by atoms with Crippen LogP contribution in [0, 0.1) is 0 Å². The van der Waals surface area contributed by atoms with Crippen LogP contribution in [0.5, 0.6) is 0 Å². The van der Waals surface area contributed by atoms with Gasteiger partial charge < -0.3 is 20.8 Å². The maximum Gasteiger partial charge on any atom is 0.338 e. The smallest absolute Gasteiger partial charge is 0.338 e. The van der Waals surface area contributed by atoms with Crippen LogP contribution < -0.4 is 5.73 Å². The van der Waals surface area contributed by atoms with E-state index in [0.717, 1.165) is 19.6 Å². The number of nitrogen functional groups attached to an aromatic ring is 1. The molecule has 5 nitrogen and oxygen atoms in total. The molecule has 1 aromatic rings. The van der Waals surface area contributed by atoms with Crippen LogP contribution in [0.3, 0.4) is 0 Å². The van der Waals surface area contributed by atoms with Gasteiger partial charge in [-0.25, -0.2) is 4.79 Å². The van der Waals surface area contributed by atoms with Gasteiger partial charge >= 0.3 is 5.97 Å². The first-order valence-corrected chi connectivity index (χ1v) is 5.92. The van der Waals surface area contributed by atoms with Crippen molar-refractivity contribution in [2.75, 3.05) is 32.0 Å². The summed E-state index contributed by atoms with van der Waals surface area (Å²) in [5.41, 5.74) is 6.73. The van der Waals surface area contributed by atoms with Gasteiger partial charge in [0.15, 0.2) is 0 Å². The standard InChI is InChI=1S/C13H20N2O2.H2O/c1-3-15(4-2)9-10-17-13(16)11-5-7-12(14)8-6-11;/h5-8H,3-4,9-10,14H2,1-2H3;1H2. The van der Waals surface area contributed by atoms with Gasteiger partial charge in [-0.2, -0.15) is 0 Å². The third-order valence-corrected chi connectivity index (χ3v) is 2.68. The number of hydrogen-bond donors (Lipinski definition) is 1. The number of carbonyl (C=O) groups is 1. The Hall–Kier alpha value is -1.59. The minimum absolute atomic E-state index is 0. The highest BCUT2D eigenvalue weighted by Crippen LogP contribution is 2.06. The Labute approximate surface area is 108 Å². The number of hydrogen-bond acceptors (Lipinski definition) is 4. The Kier molecular flexibility index (Phi) is 7.74. The minimum Gasteiger partial charge on any atom is -0.461 e. The molecule has 5 heteroatoms. The zero-order chi connectivity index (χ0) is 12.7. The number of carbonyl (C=O) groups excluding carboxylic acids is 1. The van der Waals surface area contributed by atoms with Gasteiger partial charge in [-0.1, -0.05) is 13.8 Å². The maximum absolute atomic E-state index is 11.6. The molecule has 0 aliphatic heterocycles. The van der Waals surface area contributed by atoms with Crippen LogP contribution in [-0.4, -0.2) is 42.6 Å². The zero-order valence-electron chi connectivity index (χ0n) is 11.0. The second kappa shape index (κ2) is 8.49. The first-order valence-electron chi connectivity index (χ1n) is 5.92. The predicted molar refractivity (Wildman–Crippen MR) is 72.5 cm³/mol. The predicted octanol–water partition coefficient (Wildman–Crippen LogP) is 0.943. The first kappa shape index (κ1) is 16.4. The summed E-state index contributed by atoms with van der Waals surface area (Å²) >= 11 is 0. The zero-order valence-corrected chi connectivity index (χ0v) is 11.0. The van der Waals surface area contributed by atoms with E-state index in [9.17, 15) is 4.79 Å². The molecular weight excluding hydrogens is 232 g/mol. The summed E-state index contributed by atoms with van der Waals surface area (Å²) in [5, 5.41) is 0. The van der Waals surface area contributed by atoms with E-state index in [0.29, 0.717) is 17.9 Å². The molecule has 0 atom stereocenters. The van der Waals surface area contributed by atoms with Crippen LogP contribution in [-0.2, 0) is 4.74 Å². The lowest BCUT2D eigenvalue weighted by Crippen LogP contribution is -2.27. The van der Waals surface area contributed by atoms with Crippen molar-refractivity contribution in [2.24, 2.45) is 0 Å². The van der Waals surface area contributed by atoms with Crippen LogP contribution >= 0.6 is 0 Å². The average Bonchev–Trinajstić information content (AvgIpc) is 2.35. The molecule has 0 fully saturated rings. The van der Waals surface area contributed by atoms with E-state index in [-0.39, 0.29) is 11.4 Å². The number of rotatable bonds is 6. The summed E-state index contributed by atoms with van der Waals surface area (Å²) in [4.78, 5) is 13.8. The Balaban J connectivity index is 0.00000289. The molecule has 0 heterocycles. The number of nitrogens with two attached hydrogens (primary N) is 1. The SMILES string of the molecule is CCN(CC)CCOC(=O)c1ccc(N)cc1.O. The fourth-order valence-electron chi connectivity index (χ4n) is 1.51. The van der Waals surface area contributed by atoms with Gasteiger partial charge in [0, 0.05) is 12.2 Å². The minimum atomic E-state index is -0.294. The number of ether oxygens (including phenoxy) is 1. The highest BCUT2D eigenvalue weighted by molar-refractivity contribution is 5.89. The molecule has 0 saturated heterocycles. The highest BCUT2D eigenvalue weighted by Gasteiger charge is 2.07. The maximum atomic E-state index is 11.6. The fraction of sp³-hybridized carbons (Fsp3) is 0.462. The molecule has 0 saturated carbocycles. The Bertz CT molecular complexity index is 348. The van der Waals surface area contributed by atoms with Crippen molar-refractivity contribution < 1.29 is 15.0 Å². The van der Waals surface area contributed by atoms with E-state index in [1.165, 1.54) is 0 Å². The monoisotopic (exact) mass is 254 g/mol. The number of anilines is 1. The summed E-state index contributed by atoms with van der Waals surface area (Å²) in [7, 11) is 0. The Morgan fingerprint density at radius 2 is 1.78 bits per heavy atom. The van der Waals surface area contributed by atoms with Gasteiger partial charge in [-0.05, 0) is 37.4 Å². The molecule has 1 rings (SSSR count). The van der Waals surface area contributed by atoms with E-state index in [4.69, 9.17) is 10.5 Å². The van der Waals surface area contributed by atoms with Crippen LogP contribution in [0.2, 0.25) is 0 Å². The van der Waals surface area contributed by atoms with Crippen molar-refractivity contribution >= 4 is 11.7 Å². The number of esters is 1. The lowest BCUT2D eigenvalue weighted by molar-refractivity contribution is 0.0466. The van der Waals surface area contributed by atoms with Crippen molar-refractivity contribution in [3.05, 3.63) is 29.8 Å². The molecule has 1 aromatic carbocycles. The first-order chi connectivity index (χ1) is 8.17. The third kappa shape index (κ3) is 5.16. The molecular formula is C13H22N2O3. The van der Waals surface area contributed by atoms with Crippen LogP contribution in [0.1, 0.15) is 24.2 Å². The molecule has 18 heavy (non-hydrogen) atoms. The quantitative estimate of drug-likeness (QED) is 0.604. The highest BCUT2D eigenvalue weighted by atomic mass is 16.5. The van der Waals surface area contributed by atoms with Gasteiger partial charge in [-0.15, -0.1) is 0 Å². The topological polar surface area (TPSA) is 87.1 Å². The van der Waals surface area contributed by atoms with E-state index < -0.39 is 0 Å². The van der Waals surface area contributed by atoms with Gasteiger partial charge in [0.25, 0.3) is 0 Å². The summed E-state index contributed by atoms with van der Waals surface area (Å²) in [6, 6.07) is 6.74. The molecule has 0 aliphatic rings. The Morgan fingerprint density at radius 3 is 2.28 bits per heavy atom. The number of benzene rings is 1. The molecule has 0 spiro atoms. The normalized spacial score (nSPS) is 9.94. The summed E-state index contributed by atoms with van der Waals surface area (Å²) in [5.74, 6) is -0.294. The summed E-state index contributed by atoms with van der Waals surface area (Å²) in [6.07, 6.45) is 0. The van der Waals surface area contributed by atoms with Crippen LogP contribution in [0.15, 0.2) is 24.3 Å². The molecule has 0 unspecified atom stereocenters. The molecule has 0 aliphatic carbocycles. The van der Waals surface area contributed by atoms with Crippen LogP contribution in [0.25, 0.3) is 0 Å². The molecule has 4 N–H and O–H groups in total. The van der Waals surface area contributed by atoms with Crippen molar-refractivity contribution in [1.82, 2.24) is 4.90 Å². The van der Waals surface area contributed by atoms with E-state index in [1.807, 2.05) is 0 Å². The lowest BCUT2D eigenvalue weighted by atomic mass is 10.2. The average molecular weight is 254 g/mol. The largest absolute Gasteiger partial charge is 0.461 e. The second-order valence-corrected chi connectivity index (χ2v) is 3.78. The summed E-state index contributed by atoms with van der Waals surface area (Å²) in [6.45, 7) is 7.31. The fourth-order valence-corrected chi connectivity index (χ4v) is 1.51. The lowest BCUT2D eigenvalue weighted by Gasteiger charge is -2.17. The number of likely N-dealkylation sites (N-methyl/N-ethyl adjacent to an activating group) is 1.